The van der Waals surface area contributed by atoms with Gasteiger partial charge in [-0.3, -0.25) is 9.59 Å². The van der Waals surface area contributed by atoms with Gasteiger partial charge in [0.25, 0.3) is 5.91 Å². The minimum absolute atomic E-state index is 0.0386. The minimum Gasteiger partial charge on any atom is -0.507 e. The summed E-state index contributed by atoms with van der Waals surface area (Å²) >= 11 is 0. The van der Waals surface area contributed by atoms with Gasteiger partial charge in [-0.15, -0.1) is 0 Å². The van der Waals surface area contributed by atoms with Crippen molar-refractivity contribution in [2.45, 2.75) is 0 Å². The maximum atomic E-state index is 11.5. The number of nitrogens with one attached hydrogen (secondary N) is 1. The van der Waals surface area contributed by atoms with Crippen molar-refractivity contribution >= 4 is 17.8 Å². The van der Waals surface area contributed by atoms with Gasteiger partial charge in [0.2, 0.25) is 0 Å². The summed E-state index contributed by atoms with van der Waals surface area (Å²) in [6, 6.07) is 5.79. The number of phenols is 1. The molecule has 2 N–H and O–H groups in total. The first-order chi connectivity index (χ1) is 9.04. The van der Waals surface area contributed by atoms with E-state index < -0.39 is 24.5 Å². The maximum Gasteiger partial charge on any atom is 0.342 e. The van der Waals surface area contributed by atoms with Crippen LogP contribution < -0.4 is 5.32 Å². The third kappa shape index (κ3) is 4.66. The highest BCUT2D eigenvalue weighted by Gasteiger charge is 2.14. The van der Waals surface area contributed by atoms with Gasteiger partial charge in [-0.25, -0.2) is 4.79 Å². The highest BCUT2D eigenvalue weighted by atomic mass is 16.5. The average Bonchev–Trinajstić information content (AvgIpc) is 2.42. The summed E-state index contributed by atoms with van der Waals surface area (Å²) in [5, 5.41) is 11.6. The molecule has 0 saturated carbocycles. The lowest BCUT2D eigenvalue weighted by atomic mass is 10.2. The highest BCUT2D eigenvalue weighted by molar-refractivity contribution is 5.94. The van der Waals surface area contributed by atoms with Crippen molar-refractivity contribution in [1.29, 1.82) is 0 Å². The zero-order chi connectivity index (χ0) is 14.3. The van der Waals surface area contributed by atoms with Crippen molar-refractivity contribution in [2.24, 2.45) is 0 Å². The zero-order valence-electron chi connectivity index (χ0n) is 10.2. The number of carbonyl (C=O) groups excluding carboxylic acids is 3. The number of hydrogen-bond acceptors (Lipinski definition) is 6. The van der Waals surface area contributed by atoms with E-state index in [1.54, 1.807) is 12.1 Å². The Balaban J connectivity index is 2.40. The summed E-state index contributed by atoms with van der Waals surface area (Å²) < 4.78 is 8.99. The van der Waals surface area contributed by atoms with Gasteiger partial charge in [0, 0.05) is 0 Å². The fourth-order valence-corrected chi connectivity index (χ4v) is 1.15. The smallest absolute Gasteiger partial charge is 0.342 e. The fraction of sp³-hybridized carbons (Fsp3) is 0.250. The summed E-state index contributed by atoms with van der Waals surface area (Å²) in [5.74, 6) is -2.32. The lowest BCUT2D eigenvalue weighted by Crippen LogP contribution is -2.33. The van der Waals surface area contributed by atoms with Crippen molar-refractivity contribution in [3.63, 3.8) is 0 Å². The van der Waals surface area contributed by atoms with E-state index in [4.69, 9.17) is 0 Å². The summed E-state index contributed by atoms with van der Waals surface area (Å²) in [4.78, 5) is 33.5. The second kappa shape index (κ2) is 7.00. The molecular formula is C12H13NO6. The number of methoxy groups -OCH3 is 1. The third-order valence-corrected chi connectivity index (χ3v) is 2.12. The van der Waals surface area contributed by atoms with E-state index in [1.807, 2.05) is 0 Å². The van der Waals surface area contributed by atoms with E-state index in [1.165, 1.54) is 19.2 Å². The van der Waals surface area contributed by atoms with Gasteiger partial charge in [0.15, 0.2) is 6.61 Å². The molecule has 1 aromatic rings. The Hall–Kier alpha value is -2.57. The van der Waals surface area contributed by atoms with Crippen LogP contribution in [0.15, 0.2) is 24.3 Å². The van der Waals surface area contributed by atoms with E-state index in [0.29, 0.717) is 0 Å². The summed E-state index contributed by atoms with van der Waals surface area (Å²) in [5.41, 5.74) is -0.0386. The van der Waals surface area contributed by atoms with Gasteiger partial charge >= 0.3 is 11.9 Å². The lowest BCUT2D eigenvalue weighted by Gasteiger charge is -2.06. The molecule has 0 aliphatic heterocycles. The van der Waals surface area contributed by atoms with Crippen LogP contribution in [0.25, 0.3) is 0 Å². The number of ether oxygens (including phenoxy) is 2. The number of carbonyl (C=O) groups is 3. The Bertz CT molecular complexity index is 485. The number of amides is 1. The zero-order valence-corrected chi connectivity index (χ0v) is 10.2. The number of benzene rings is 1. The molecule has 0 heterocycles. The third-order valence-electron chi connectivity index (χ3n) is 2.12. The van der Waals surface area contributed by atoms with E-state index in [0.717, 1.165) is 0 Å². The standard InChI is InChI=1S/C12H13NO6/c1-18-11(16)6-13-10(15)7-19-12(17)8-4-2-3-5-9(8)14/h2-5,14H,6-7H2,1H3,(H,13,15). The van der Waals surface area contributed by atoms with Crippen LogP contribution in [-0.4, -0.2) is 43.2 Å². The number of esters is 2. The normalized spacial score (nSPS) is 9.53. The van der Waals surface area contributed by atoms with Crippen LogP contribution >= 0.6 is 0 Å². The van der Waals surface area contributed by atoms with Crippen LogP contribution in [0.5, 0.6) is 5.75 Å². The summed E-state index contributed by atoms with van der Waals surface area (Å²) in [6.45, 7) is -0.854. The molecular weight excluding hydrogens is 254 g/mol. The molecule has 0 bridgehead atoms. The molecule has 0 atom stereocenters. The van der Waals surface area contributed by atoms with Crippen molar-refractivity contribution in [1.82, 2.24) is 5.32 Å². The summed E-state index contributed by atoms with van der Waals surface area (Å²) in [6.07, 6.45) is 0. The molecule has 7 heteroatoms. The summed E-state index contributed by atoms with van der Waals surface area (Å²) in [7, 11) is 1.19. The van der Waals surface area contributed by atoms with Crippen LogP contribution in [0.4, 0.5) is 0 Å². The van der Waals surface area contributed by atoms with E-state index in [2.05, 4.69) is 14.8 Å². The van der Waals surface area contributed by atoms with Crippen LogP contribution in [0.1, 0.15) is 10.4 Å². The van der Waals surface area contributed by atoms with Gasteiger partial charge in [0.1, 0.15) is 17.9 Å². The number of aromatic hydroxyl groups is 1. The Labute approximate surface area is 109 Å². The predicted molar refractivity (Wildman–Crippen MR) is 63.4 cm³/mol. The Morgan fingerprint density at radius 2 is 1.95 bits per heavy atom. The molecule has 0 aromatic heterocycles. The first-order valence-corrected chi connectivity index (χ1v) is 5.33. The second-order valence-corrected chi connectivity index (χ2v) is 3.45. The minimum atomic E-state index is -0.827. The van der Waals surface area contributed by atoms with Gasteiger partial charge in [0.05, 0.1) is 7.11 Å². The van der Waals surface area contributed by atoms with Crippen molar-refractivity contribution in [3.05, 3.63) is 29.8 Å². The van der Waals surface area contributed by atoms with E-state index in [-0.39, 0.29) is 17.9 Å². The lowest BCUT2D eigenvalue weighted by molar-refractivity contribution is -0.141. The molecule has 0 aliphatic rings. The second-order valence-electron chi connectivity index (χ2n) is 3.45. The van der Waals surface area contributed by atoms with Gasteiger partial charge in [-0.1, -0.05) is 12.1 Å². The largest absolute Gasteiger partial charge is 0.507 e. The van der Waals surface area contributed by atoms with E-state index >= 15 is 0 Å². The topological polar surface area (TPSA) is 102 Å². The quantitative estimate of drug-likeness (QED) is 0.719. The molecule has 0 unspecified atom stereocenters. The Morgan fingerprint density at radius 1 is 1.26 bits per heavy atom. The molecule has 19 heavy (non-hydrogen) atoms. The molecule has 0 aliphatic carbocycles. The molecule has 102 valence electrons. The van der Waals surface area contributed by atoms with Crippen molar-refractivity contribution in [3.8, 4) is 5.75 Å². The van der Waals surface area contributed by atoms with Crippen molar-refractivity contribution < 1.29 is 29.0 Å². The number of para-hydroxylation sites is 1. The average molecular weight is 267 g/mol. The van der Waals surface area contributed by atoms with Crippen LogP contribution in [0, 0.1) is 0 Å². The number of rotatable bonds is 5. The monoisotopic (exact) mass is 267 g/mol. The highest BCUT2D eigenvalue weighted by Crippen LogP contribution is 2.16. The fourth-order valence-electron chi connectivity index (χ4n) is 1.15. The molecule has 0 radical (unpaired) electrons. The van der Waals surface area contributed by atoms with E-state index in [9.17, 15) is 19.5 Å². The molecule has 0 fully saturated rings. The molecule has 0 saturated heterocycles. The molecule has 1 rings (SSSR count). The maximum absolute atomic E-state index is 11.5. The molecule has 7 nitrogen and oxygen atoms in total. The number of phenolic OH excluding ortho intramolecular Hbond substituents is 1. The SMILES string of the molecule is COC(=O)CNC(=O)COC(=O)c1ccccc1O. The number of hydrogen-bond donors (Lipinski definition) is 2. The van der Waals surface area contributed by atoms with Crippen LogP contribution in [0.3, 0.4) is 0 Å². The van der Waals surface area contributed by atoms with Crippen LogP contribution in [0.2, 0.25) is 0 Å². The van der Waals surface area contributed by atoms with Gasteiger partial charge < -0.3 is 19.9 Å². The van der Waals surface area contributed by atoms with Crippen molar-refractivity contribution in [2.75, 3.05) is 20.3 Å². The molecule has 1 aromatic carbocycles. The van der Waals surface area contributed by atoms with Crippen LogP contribution in [-0.2, 0) is 19.1 Å². The Kier molecular flexibility index (Phi) is 5.34. The molecule has 1 amide bonds. The Morgan fingerprint density at radius 3 is 2.58 bits per heavy atom. The van der Waals surface area contributed by atoms with Gasteiger partial charge in [-0.2, -0.15) is 0 Å². The predicted octanol–water partition coefficient (Wildman–Crippen LogP) is -0.162. The first-order valence-electron chi connectivity index (χ1n) is 5.33. The van der Waals surface area contributed by atoms with Gasteiger partial charge in [-0.05, 0) is 12.1 Å². The first kappa shape index (κ1) is 14.5. The molecule has 0 spiro atoms.